The molecule has 0 atom stereocenters. The Kier molecular flexibility index (Phi) is 4.19. The van der Waals surface area contributed by atoms with Gasteiger partial charge in [-0.15, -0.1) is 10.1 Å². The fourth-order valence-corrected chi connectivity index (χ4v) is 0.923. The Morgan fingerprint density at radius 2 is 1.42 bits per heavy atom. The van der Waals surface area contributed by atoms with E-state index in [4.69, 9.17) is 0 Å². The van der Waals surface area contributed by atoms with E-state index in [0.717, 1.165) is 0 Å². The second kappa shape index (κ2) is 5.46. The monoisotopic (exact) mass is 287 g/mol. The Bertz CT molecular complexity index is 520. The molecule has 0 fully saturated rings. The number of halogens is 5. The first kappa shape index (κ1) is 14.6. The normalized spacial score (nSPS) is 10.2. The topological polar surface area (TPSA) is 78.7 Å². The van der Waals surface area contributed by atoms with Crippen molar-refractivity contribution in [3.63, 3.8) is 0 Å². The molecule has 11 heteroatoms. The molecule has 0 aliphatic rings. The minimum atomic E-state index is -2.43. The molecule has 0 saturated carbocycles. The van der Waals surface area contributed by atoms with Crippen molar-refractivity contribution in [2.24, 2.45) is 0 Å². The quantitative estimate of drug-likeness (QED) is 0.159. The van der Waals surface area contributed by atoms with E-state index in [2.05, 4.69) is 9.57 Å². The van der Waals surface area contributed by atoms with E-state index in [9.17, 15) is 36.9 Å². The Hall–Kier alpha value is -2.46. The van der Waals surface area contributed by atoms with Crippen molar-refractivity contribution in [1.82, 2.24) is 0 Å². The molecule has 0 saturated heterocycles. The maximum Gasteiger partial charge on any atom is 0.337 e. The number of hydrogen-bond acceptors (Lipinski definition) is 5. The van der Waals surface area contributed by atoms with Gasteiger partial charge in [-0.1, -0.05) is 0 Å². The lowest BCUT2D eigenvalue weighted by Gasteiger charge is -2.08. The summed E-state index contributed by atoms with van der Waals surface area (Å²) in [5, 5.41) is 8.28. The van der Waals surface area contributed by atoms with E-state index in [1.54, 1.807) is 0 Å². The van der Waals surface area contributed by atoms with Crippen LogP contribution in [0.3, 0.4) is 0 Å². The van der Waals surface area contributed by atoms with E-state index in [-0.39, 0.29) is 0 Å². The molecule has 104 valence electrons. The summed E-state index contributed by atoms with van der Waals surface area (Å²) in [5.74, 6) is -15.4. The molecule has 0 spiro atoms. The molecule has 1 aromatic rings. The van der Waals surface area contributed by atoms with Gasteiger partial charge in [0.25, 0.3) is 5.09 Å². The van der Waals surface area contributed by atoms with E-state index in [0.29, 0.717) is 0 Å². The van der Waals surface area contributed by atoms with E-state index in [1.165, 1.54) is 0 Å². The van der Waals surface area contributed by atoms with Crippen LogP contribution in [0.4, 0.5) is 22.0 Å². The number of carbonyl (C=O) groups excluding carboxylic acids is 1. The van der Waals surface area contributed by atoms with Gasteiger partial charge in [-0.2, -0.15) is 8.78 Å². The smallest absolute Gasteiger partial charge is 0.337 e. The average Bonchev–Trinajstić information content (AvgIpc) is 2.36. The molecule has 0 heterocycles. The van der Waals surface area contributed by atoms with Crippen LogP contribution in [0.2, 0.25) is 0 Å². The second-order valence-corrected chi connectivity index (χ2v) is 2.87. The molecule has 0 aliphatic heterocycles. The van der Waals surface area contributed by atoms with Crippen LogP contribution < -0.4 is 4.74 Å². The number of nitrogens with zero attached hydrogens (tertiary/aromatic N) is 1. The van der Waals surface area contributed by atoms with Crippen molar-refractivity contribution in [3.8, 4) is 5.75 Å². The summed E-state index contributed by atoms with van der Waals surface area (Å²) >= 11 is 0. The lowest BCUT2D eigenvalue weighted by atomic mass is 10.2. The third-order valence-corrected chi connectivity index (χ3v) is 1.67. The van der Waals surface area contributed by atoms with Crippen molar-refractivity contribution >= 4 is 5.97 Å². The summed E-state index contributed by atoms with van der Waals surface area (Å²) in [6.45, 7) is -1.38. The van der Waals surface area contributed by atoms with E-state index < -0.39 is 52.5 Å². The van der Waals surface area contributed by atoms with Gasteiger partial charge in [0.1, 0.15) is 0 Å². The first-order valence-corrected chi connectivity index (χ1v) is 4.25. The van der Waals surface area contributed by atoms with Gasteiger partial charge in [-0.05, 0) is 0 Å². The predicted molar refractivity (Wildman–Crippen MR) is 44.8 cm³/mol. The van der Waals surface area contributed by atoms with Crippen LogP contribution >= 0.6 is 0 Å². The third-order valence-electron chi connectivity index (χ3n) is 1.67. The van der Waals surface area contributed by atoms with Crippen LogP contribution in [0.15, 0.2) is 0 Å². The number of benzene rings is 1. The molecule has 19 heavy (non-hydrogen) atoms. The van der Waals surface area contributed by atoms with Crippen LogP contribution in [0.25, 0.3) is 0 Å². The number of carbonyl (C=O) groups is 1. The van der Waals surface area contributed by atoms with Crippen molar-refractivity contribution in [2.75, 3.05) is 6.61 Å². The molecule has 0 N–H and O–H groups in total. The highest BCUT2D eigenvalue weighted by Gasteiger charge is 2.28. The molecule has 0 aromatic heterocycles. The lowest BCUT2D eigenvalue weighted by Crippen LogP contribution is -2.20. The first-order valence-electron chi connectivity index (χ1n) is 4.25. The maximum atomic E-state index is 13.0. The zero-order valence-electron chi connectivity index (χ0n) is 8.59. The Morgan fingerprint density at radius 1 is 1.00 bits per heavy atom. The van der Waals surface area contributed by atoms with Crippen LogP contribution in [0.1, 0.15) is 0 Å². The molecule has 0 aliphatic carbocycles. The van der Waals surface area contributed by atoms with Gasteiger partial charge < -0.3 is 9.57 Å². The molecule has 6 nitrogen and oxygen atoms in total. The summed E-state index contributed by atoms with van der Waals surface area (Å²) < 4.78 is 67.7. The summed E-state index contributed by atoms with van der Waals surface area (Å²) in [5.41, 5.74) is 0. The van der Waals surface area contributed by atoms with Gasteiger partial charge in [-0.3, -0.25) is 0 Å². The van der Waals surface area contributed by atoms with Crippen LogP contribution in [0, 0.1) is 39.2 Å². The number of ether oxygens (including phenoxy) is 1. The minimum Gasteiger partial charge on any atom is -0.419 e. The van der Waals surface area contributed by atoms with Crippen LogP contribution in [0.5, 0.6) is 5.75 Å². The van der Waals surface area contributed by atoms with Gasteiger partial charge in [0.15, 0.2) is 6.61 Å². The van der Waals surface area contributed by atoms with E-state index in [1.807, 2.05) is 0 Å². The number of esters is 1. The zero-order valence-corrected chi connectivity index (χ0v) is 8.59. The largest absolute Gasteiger partial charge is 0.419 e. The van der Waals surface area contributed by atoms with Crippen molar-refractivity contribution < 1.29 is 41.4 Å². The molecule has 0 unspecified atom stereocenters. The molecule has 1 aromatic carbocycles. The first-order chi connectivity index (χ1) is 8.75. The van der Waals surface area contributed by atoms with Gasteiger partial charge in [0.05, 0.1) is 0 Å². The SMILES string of the molecule is O=C(CO[N+](=O)[O-])Oc1c(F)c(F)c(F)c(F)c1F. The lowest BCUT2D eigenvalue weighted by molar-refractivity contribution is -0.754. The average molecular weight is 287 g/mol. The molecular formula is C8H2F5NO5. The fraction of sp³-hybridized carbons (Fsp3) is 0.125. The second-order valence-electron chi connectivity index (χ2n) is 2.87. The van der Waals surface area contributed by atoms with Gasteiger partial charge in [-0.25, -0.2) is 18.0 Å². The standard InChI is InChI=1S/C8H2F5NO5/c9-3-4(10)6(12)8(7(13)5(3)11)19-2(15)1-18-14(16)17/h1H2. The number of rotatable bonds is 4. The van der Waals surface area contributed by atoms with Gasteiger partial charge in [0, 0.05) is 0 Å². The Morgan fingerprint density at radius 3 is 1.84 bits per heavy atom. The molecule has 0 amide bonds. The molecular weight excluding hydrogens is 285 g/mol. The van der Waals surface area contributed by atoms with E-state index >= 15 is 0 Å². The van der Waals surface area contributed by atoms with Crippen molar-refractivity contribution in [2.45, 2.75) is 0 Å². The number of hydrogen-bond donors (Lipinski definition) is 0. The van der Waals surface area contributed by atoms with Crippen molar-refractivity contribution in [1.29, 1.82) is 0 Å². The summed E-state index contributed by atoms with van der Waals surface area (Å²) in [6.07, 6.45) is 0. The Balaban J connectivity index is 3.02. The third kappa shape index (κ3) is 3.05. The zero-order chi connectivity index (χ0) is 14.7. The Labute approximate surface area is 100.0 Å². The molecule has 0 radical (unpaired) electrons. The molecule has 1 rings (SSSR count). The fourth-order valence-electron chi connectivity index (χ4n) is 0.923. The predicted octanol–water partition coefficient (Wildman–Crippen LogP) is 1.50. The highest BCUT2D eigenvalue weighted by molar-refractivity contribution is 5.73. The summed E-state index contributed by atoms with van der Waals surface area (Å²) in [4.78, 5) is 24.0. The van der Waals surface area contributed by atoms with Gasteiger partial charge >= 0.3 is 5.97 Å². The minimum absolute atomic E-state index is 1.38. The van der Waals surface area contributed by atoms with Gasteiger partial charge in [0.2, 0.25) is 34.8 Å². The van der Waals surface area contributed by atoms with Crippen LogP contribution in [-0.4, -0.2) is 17.7 Å². The van der Waals surface area contributed by atoms with Crippen molar-refractivity contribution in [3.05, 3.63) is 39.2 Å². The van der Waals surface area contributed by atoms with Crippen LogP contribution in [-0.2, 0) is 9.63 Å². The molecule has 0 bridgehead atoms. The highest BCUT2D eigenvalue weighted by atomic mass is 19.2. The summed E-state index contributed by atoms with van der Waals surface area (Å²) in [7, 11) is 0. The summed E-state index contributed by atoms with van der Waals surface area (Å²) in [6, 6.07) is 0. The highest BCUT2D eigenvalue weighted by Crippen LogP contribution is 2.29. The maximum absolute atomic E-state index is 13.0.